The van der Waals surface area contributed by atoms with Crippen molar-refractivity contribution in [2.24, 2.45) is 11.3 Å². The van der Waals surface area contributed by atoms with E-state index in [1.165, 1.54) is 0 Å². The quantitative estimate of drug-likeness (QED) is 0.830. The SMILES string of the molecule is C[C@]12COC[C@@H]1C(c1ccccc1)=C(c1ccccc1)C(=O)C2. The Kier molecular flexibility index (Phi) is 3.42. The molecule has 0 unspecified atom stereocenters. The summed E-state index contributed by atoms with van der Waals surface area (Å²) in [6, 6.07) is 20.4. The smallest absolute Gasteiger partial charge is 0.164 e. The van der Waals surface area contributed by atoms with Crippen LogP contribution in [0.15, 0.2) is 60.7 Å². The molecule has 0 N–H and O–H groups in total. The van der Waals surface area contributed by atoms with Gasteiger partial charge >= 0.3 is 0 Å². The van der Waals surface area contributed by atoms with E-state index >= 15 is 0 Å². The predicted octanol–water partition coefficient (Wildman–Crippen LogP) is 4.22. The Morgan fingerprint density at radius 1 is 0.957 bits per heavy atom. The molecule has 2 aromatic carbocycles. The maximum absolute atomic E-state index is 13.0. The number of carbonyl (C=O) groups excluding carboxylic acids is 1. The van der Waals surface area contributed by atoms with Crippen LogP contribution in [0.25, 0.3) is 11.1 Å². The van der Waals surface area contributed by atoms with Crippen LogP contribution in [-0.4, -0.2) is 19.0 Å². The second kappa shape index (κ2) is 5.47. The first kappa shape index (κ1) is 14.4. The maximum Gasteiger partial charge on any atom is 0.164 e. The van der Waals surface area contributed by atoms with E-state index in [-0.39, 0.29) is 17.1 Å². The number of allylic oxidation sites excluding steroid dienone is 1. The number of hydrogen-bond acceptors (Lipinski definition) is 2. The van der Waals surface area contributed by atoms with Crippen molar-refractivity contribution in [1.29, 1.82) is 0 Å². The highest BCUT2D eigenvalue weighted by Gasteiger charge is 2.48. The molecule has 4 rings (SSSR count). The Bertz CT molecular complexity index is 761. The second-order valence-electron chi connectivity index (χ2n) is 6.84. The molecule has 1 aliphatic heterocycles. The van der Waals surface area contributed by atoms with Crippen molar-refractivity contribution in [3.8, 4) is 0 Å². The fourth-order valence-corrected chi connectivity index (χ4v) is 3.98. The van der Waals surface area contributed by atoms with Crippen LogP contribution in [0.1, 0.15) is 24.5 Å². The lowest BCUT2D eigenvalue weighted by Gasteiger charge is -2.37. The van der Waals surface area contributed by atoms with Gasteiger partial charge in [-0.1, -0.05) is 67.6 Å². The van der Waals surface area contributed by atoms with Crippen molar-refractivity contribution in [1.82, 2.24) is 0 Å². The zero-order valence-electron chi connectivity index (χ0n) is 13.3. The van der Waals surface area contributed by atoms with Gasteiger partial charge < -0.3 is 4.74 Å². The fourth-order valence-electron chi connectivity index (χ4n) is 3.98. The number of ketones is 1. The highest BCUT2D eigenvalue weighted by molar-refractivity contribution is 6.29. The van der Waals surface area contributed by atoms with Gasteiger partial charge in [0, 0.05) is 23.3 Å². The summed E-state index contributed by atoms with van der Waals surface area (Å²) in [7, 11) is 0. The van der Waals surface area contributed by atoms with Gasteiger partial charge in [-0.05, 0) is 16.7 Å². The Hall–Kier alpha value is -2.19. The Labute approximate surface area is 136 Å². The minimum Gasteiger partial charge on any atom is -0.380 e. The van der Waals surface area contributed by atoms with E-state index in [9.17, 15) is 4.79 Å². The van der Waals surface area contributed by atoms with Gasteiger partial charge in [-0.2, -0.15) is 0 Å². The van der Waals surface area contributed by atoms with Crippen LogP contribution >= 0.6 is 0 Å². The van der Waals surface area contributed by atoms with Crippen LogP contribution in [0.5, 0.6) is 0 Å². The van der Waals surface area contributed by atoms with Gasteiger partial charge in [0.1, 0.15) is 0 Å². The number of fused-ring (bicyclic) bond motifs is 1. The molecule has 0 amide bonds. The van der Waals surface area contributed by atoms with Crippen LogP contribution in [0.2, 0.25) is 0 Å². The summed E-state index contributed by atoms with van der Waals surface area (Å²) in [6.07, 6.45) is 0.568. The van der Waals surface area contributed by atoms with Crippen LogP contribution in [0, 0.1) is 11.3 Å². The molecule has 2 heteroatoms. The zero-order chi connectivity index (χ0) is 15.9. The van der Waals surface area contributed by atoms with Gasteiger partial charge in [0.2, 0.25) is 0 Å². The molecule has 1 heterocycles. The van der Waals surface area contributed by atoms with Crippen LogP contribution in [0.3, 0.4) is 0 Å². The maximum atomic E-state index is 13.0. The van der Waals surface area contributed by atoms with Crippen molar-refractivity contribution >= 4 is 16.9 Å². The minimum absolute atomic E-state index is 0.0828. The van der Waals surface area contributed by atoms with Gasteiger partial charge in [0.25, 0.3) is 0 Å². The molecule has 0 aromatic heterocycles. The molecule has 0 radical (unpaired) electrons. The van der Waals surface area contributed by atoms with Crippen molar-refractivity contribution in [3.63, 3.8) is 0 Å². The molecule has 1 fully saturated rings. The molecule has 116 valence electrons. The van der Waals surface area contributed by atoms with E-state index in [1.807, 2.05) is 48.5 Å². The molecule has 2 nitrogen and oxygen atoms in total. The average molecular weight is 304 g/mol. The predicted molar refractivity (Wildman–Crippen MR) is 91.7 cm³/mol. The van der Waals surface area contributed by atoms with E-state index in [4.69, 9.17) is 4.74 Å². The summed E-state index contributed by atoms with van der Waals surface area (Å²) < 4.78 is 5.79. The summed E-state index contributed by atoms with van der Waals surface area (Å²) >= 11 is 0. The molecule has 2 atom stereocenters. The van der Waals surface area contributed by atoms with Gasteiger partial charge in [-0.25, -0.2) is 0 Å². The third-order valence-electron chi connectivity index (χ3n) is 5.17. The molecule has 2 aliphatic rings. The molecule has 23 heavy (non-hydrogen) atoms. The van der Waals surface area contributed by atoms with Crippen molar-refractivity contribution < 1.29 is 9.53 Å². The summed E-state index contributed by atoms with van der Waals surface area (Å²) in [4.78, 5) is 13.0. The number of ether oxygens (including phenoxy) is 1. The third-order valence-corrected chi connectivity index (χ3v) is 5.17. The molecule has 0 bridgehead atoms. The summed E-state index contributed by atoms with van der Waals surface area (Å²) in [5.41, 5.74) is 4.12. The van der Waals surface area contributed by atoms with Crippen molar-refractivity contribution in [2.45, 2.75) is 13.3 Å². The number of carbonyl (C=O) groups is 1. The van der Waals surface area contributed by atoms with Gasteiger partial charge in [0.05, 0.1) is 13.2 Å². The number of rotatable bonds is 2. The largest absolute Gasteiger partial charge is 0.380 e. The average Bonchev–Trinajstić information content (AvgIpc) is 2.96. The number of Topliss-reactive ketones (excluding diaryl/α,β-unsaturated/α-hetero) is 1. The molecular weight excluding hydrogens is 284 g/mol. The fraction of sp³-hybridized carbons (Fsp3) is 0.286. The zero-order valence-corrected chi connectivity index (χ0v) is 13.3. The van der Waals surface area contributed by atoms with E-state index in [0.29, 0.717) is 19.6 Å². The van der Waals surface area contributed by atoms with E-state index in [2.05, 4.69) is 19.1 Å². The first-order valence-electron chi connectivity index (χ1n) is 8.15. The Morgan fingerprint density at radius 3 is 2.22 bits per heavy atom. The van der Waals surface area contributed by atoms with Crippen LogP contribution in [-0.2, 0) is 9.53 Å². The van der Waals surface area contributed by atoms with E-state index in [1.54, 1.807) is 0 Å². The summed E-state index contributed by atoms with van der Waals surface area (Å²) in [6.45, 7) is 3.55. The first-order chi connectivity index (χ1) is 11.2. The lowest BCUT2D eigenvalue weighted by atomic mass is 9.64. The standard InChI is InChI=1S/C21H20O2/c1-21-12-18(22)20(16-10-6-3-7-11-16)19(17(21)13-23-14-21)15-8-4-2-5-9-15/h2-11,17H,12-14H2,1H3/t17-,21+/m1/s1. The molecule has 1 aliphatic carbocycles. The second-order valence-corrected chi connectivity index (χ2v) is 6.84. The molecule has 0 spiro atoms. The first-order valence-corrected chi connectivity index (χ1v) is 8.15. The highest BCUT2D eigenvalue weighted by Crippen LogP contribution is 2.52. The Balaban J connectivity index is 1.98. The minimum atomic E-state index is -0.0828. The summed E-state index contributed by atoms with van der Waals surface area (Å²) in [5, 5.41) is 0. The Morgan fingerprint density at radius 2 is 1.57 bits per heavy atom. The van der Waals surface area contributed by atoms with Crippen molar-refractivity contribution in [2.75, 3.05) is 13.2 Å². The molecule has 0 saturated carbocycles. The highest BCUT2D eigenvalue weighted by atomic mass is 16.5. The number of hydrogen-bond donors (Lipinski definition) is 0. The normalized spacial score (nSPS) is 27.2. The third kappa shape index (κ3) is 2.34. The number of benzene rings is 2. The van der Waals surface area contributed by atoms with E-state index in [0.717, 1.165) is 22.3 Å². The lowest BCUT2D eigenvalue weighted by molar-refractivity contribution is -0.116. The summed E-state index contributed by atoms with van der Waals surface area (Å²) in [5.74, 6) is 0.511. The van der Waals surface area contributed by atoms with Gasteiger partial charge in [-0.15, -0.1) is 0 Å². The molecule has 1 saturated heterocycles. The van der Waals surface area contributed by atoms with Crippen LogP contribution in [0.4, 0.5) is 0 Å². The molecular formula is C21H20O2. The van der Waals surface area contributed by atoms with E-state index < -0.39 is 0 Å². The molecule has 2 aromatic rings. The van der Waals surface area contributed by atoms with Crippen molar-refractivity contribution in [3.05, 3.63) is 71.8 Å². The lowest BCUT2D eigenvalue weighted by Crippen LogP contribution is -2.35. The van der Waals surface area contributed by atoms with Gasteiger partial charge in [0.15, 0.2) is 5.78 Å². The van der Waals surface area contributed by atoms with Gasteiger partial charge in [-0.3, -0.25) is 4.79 Å². The topological polar surface area (TPSA) is 26.3 Å². The van der Waals surface area contributed by atoms with Crippen LogP contribution < -0.4 is 0 Å². The monoisotopic (exact) mass is 304 g/mol.